The number of allylic oxidation sites excluding steroid dienone is 5. The zero-order chi connectivity index (χ0) is 38.9. The normalized spacial score (nSPS) is 36.4. The van der Waals surface area contributed by atoms with Gasteiger partial charge in [0.25, 0.3) is 0 Å². The summed E-state index contributed by atoms with van der Waals surface area (Å²) >= 11 is 0. The summed E-state index contributed by atoms with van der Waals surface area (Å²) in [6.45, 7) is 17.0. The first-order valence-corrected chi connectivity index (χ1v) is 18.5. The van der Waals surface area contributed by atoms with E-state index in [1.807, 2.05) is 72.8 Å². The van der Waals surface area contributed by atoms with Gasteiger partial charge in [0.1, 0.15) is 18.3 Å². The second-order valence-corrected chi connectivity index (χ2v) is 15.3. The lowest BCUT2D eigenvalue weighted by atomic mass is 9.76. The lowest BCUT2D eigenvalue weighted by Gasteiger charge is -2.50. The molecule has 2 aliphatic heterocycles. The van der Waals surface area contributed by atoms with Crippen molar-refractivity contribution in [1.82, 2.24) is 0 Å². The molecular weight excluding hydrogens is 664 g/mol. The van der Waals surface area contributed by atoms with Gasteiger partial charge in [-0.25, -0.2) is 9.59 Å². The molecule has 1 fully saturated rings. The fourth-order valence-electron chi connectivity index (χ4n) is 7.45. The summed E-state index contributed by atoms with van der Waals surface area (Å²) in [5, 5.41) is 35.2. The number of ether oxygens (including phenoxy) is 5. The van der Waals surface area contributed by atoms with Gasteiger partial charge in [-0.2, -0.15) is 0 Å². The number of rotatable bonds is 9. The van der Waals surface area contributed by atoms with E-state index in [0.29, 0.717) is 17.6 Å². The predicted molar refractivity (Wildman–Crippen MR) is 200 cm³/mol. The molecule has 12 atom stereocenters. The number of benzene rings is 1. The van der Waals surface area contributed by atoms with Gasteiger partial charge in [-0.1, -0.05) is 102 Å². The summed E-state index contributed by atoms with van der Waals surface area (Å²) in [7, 11) is 2.87. The van der Waals surface area contributed by atoms with Crippen LogP contribution < -0.4 is 0 Å². The van der Waals surface area contributed by atoms with Crippen LogP contribution in [0, 0.1) is 35.5 Å². The minimum absolute atomic E-state index is 0.0254. The number of hydrogen-bond acceptors (Lipinski definition) is 10. The van der Waals surface area contributed by atoms with E-state index in [1.165, 1.54) is 14.2 Å². The van der Waals surface area contributed by atoms with Crippen LogP contribution in [0.3, 0.4) is 0 Å². The first-order chi connectivity index (χ1) is 24.4. The van der Waals surface area contributed by atoms with Gasteiger partial charge < -0.3 is 39.0 Å². The first kappa shape index (κ1) is 43.1. The van der Waals surface area contributed by atoms with Crippen LogP contribution in [-0.4, -0.2) is 83.9 Å². The van der Waals surface area contributed by atoms with Crippen molar-refractivity contribution in [2.75, 3.05) is 14.2 Å². The molecule has 52 heavy (non-hydrogen) atoms. The molecule has 0 bridgehead atoms. The molecule has 10 nitrogen and oxygen atoms in total. The Morgan fingerprint density at radius 3 is 2.27 bits per heavy atom. The van der Waals surface area contributed by atoms with Gasteiger partial charge >= 0.3 is 11.9 Å². The van der Waals surface area contributed by atoms with E-state index in [-0.39, 0.29) is 35.9 Å². The van der Waals surface area contributed by atoms with E-state index in [9.17, 15) is 24.9 Å². The molecule has 2 aliphatic rings. The predicted octanol–water partition coefficient (Wildman–Crippen LogP) is 6.56. The van der Waals surface area contributed by atoms with Crippen molar-refractivity contribution in [3.8, 4) is 0 Å². The van der Waals surface area contributed by atoms with Gasteiger partial charge in [0.05, 0.1) is 31.0 Å². The maximum absolute atomic E-state index is 13.7. The van der Waals surface area contributed by atoms with Gasteiger partial charge in [0.15, 0.2) is 5.79 Å². The van der Waals surface area contributed by atoms with Gasteiger partial charge in [0, 0.05) is 37.2 Å². The molecule has 0 spiro atoms. The van der Waals surface area contributed by atoms with Crippen LogP contribution in [0.5, 0.6) is 0 Å². The third-order valence-electron chi connectivity index (χ3n) is 10.7. The van der Waals surface area contributed by atoms with E-state index in [1.54, 1.807) is 50.3 Å². The second-order valence-electron chi connectivity index (χ2n) is 15.3. The Labute approximate surface area is 310 Å². The number of methoxy groups -OCH3 is 2. The Morgan fingerprint density at radius 2 is 1.67 bits per heavy atom. The van der Waals surface area contributed by atoms with Crippen molar-refractivity contribution in [3.05, 3.63) is 83.2 Å². The molecule has 10 heteroatoms. The number of aliphatic hydroxyl groups is 3. The van der Waals surface area contributed by atoms with Gasteiger partial charge in [-0.3, -0.25) is 0 Å². The molecule has 1 saturated heterocycles. The van der Waals surface area contributed by atoms with Crippen LogP contribution in [0.2, 0.25) is 0 Å². The Kier molecular flexibility index (Phi) is 15.9. The van der Waals surface area contributed by atoms with Crippen LogP contribution in [0.15, 0.2) is 77.6 Å². The molecule has 0 amide bonds. The molecule has 3 N–H and O–H groups in total. The molecule has 2 heterocycles. The average Bonchev–Trinajstić information content (AvgIpc) is 3.11. The van der Waals surface area contributed by atoms with Gasteiger partial charge in [-0.15, -0.1) is 0 Å². The van der Waals surface area contributed by atoms with Crippen molar-refractivity contribution in [3.63, 3.8) is 0 Å². The standard InChI is InChI=1S/C42H62O10/c1-24(2)38-29(7)35(50-40(45)32-17-13-12-14-18-32)23-42(47,52-38)31(9)37(44)30(8)39-33(48-10)19-15-16-25(3)20-27(5)36(43)28(6)21-26(4)22-34(49-11)41(46)51-39/h12-19,21-22,24,27-31,33,35-39,43-44,47H,20,23H2,1-11H3/b19-15-,25-16+,26-21+,34-22+. The van der Waals surface area contributed by atoms with Crippen molar-refractivity contribution in [2.24, 2.45) is 35.5 Å². The van der Waals surface area contributed by atoms with E-state index in [2.05, 4.69) is 0 Å². The first-order valence-electron chi connectivity index (χ1n) is 18.5. The molecule has 1 aromatic rings. The van der Waals surface area contributed by atoms with Crippen LogP contribution in [-0.2, 0) is 28.5 Å². The van der Waals surface area contributed by atoms with E-state index in [4.69, 9.17) is 23.7 Å². The number of cyclic esters (lactones) is 1. The number of hydrogen-bond donors (Lipinski definition) is 3. The highest BCUT2D eigenvalue weighted by Crippen LogP contribution is 2.43. The van der Waals surface area contributed by atoms with Crippen molar-refractivity contribution >= 4 is 11.9 Å². The number of carbonyl (C=O) groups excluding carboxylic acids is 2. The third-order valence-corrected chi connectivity index (χ3v) is 10.7. The fraction of sp³-hybridized carbons (Fsp3) is 0.619. The van der Waals surface area contributed by atoms with Crippen molar-refractivity contribution in [2.45, 2.75) is 118 Å². The molecule has 3 rings (SSSR count). The number of carbonyl (C=O) groups is 2. The van der Waals surface area contributed by atoms with E-state index < -0.39 is 66.2 Å². The lowest BCUT2D eigenvalue weighted by Crippen LogP contribution is -2.59. The van der Waals surface area contributed by atoms with E-state index in [0.717, 1.165) is 5.57 Å². The summed E-state index contributed by atoms with van der Waals surface area (Å²) in [5.41, 5.74) is 2.15. The number of esters is 2. The highest BCUT2D eigenvalue weighted by atomic mass is 16.6. The Bertz CT molecular complexity index is 1450. The smallest absolute Gasteiger partial charge is 0.373 e. The quantitative estimate of drug-likeness (QED) is 0.240. The molecule has 12 unspecified atom stereocenters. The van der Waals surface area contributed by atoms with Crippen LogP contribution in [0.25, 0.3) is 0 Å². The monoisotopic (exact) mass is 726 g/mol. The van der Waals surface area contributed by atoms with Crippen LogP contribution in [0.1, 0.15) is 85.5 Å². The number of aliphatic hydroxyl groups excluding tert-OH is 2. The lowest BCUT2D eigenvalue weighted by molar-refractivity contribution is -0.328. The second kappa shape index (κ2) is 19.2. The Balaban J connectivity index is 1.99. The van der Waals surface area contributed by atoms with Crippen LogP contribution in [0.4, 0.5) is 0 Å². The molecule has 1 aromatic carbocycles. The summed E-state index contributed by atoms with van der Waals surface area (Å²) in [4.78, 5) is 26.8. The molecule has 0 aromatic heterocycles. The molecular formula is C42H62O10. The summed E-state index contributed by atoms with van der Waals surface area (Å²) in [6, 6.07) is 8.68. The highest BCUT2D eigenvalue weighted by molar-refractivity contribution is 5.89. The maximum Gasteiger partial charge on any atom is 0.373 e. The Hall–Kier alpha value is -3.28. The summed E-state index contributed by atoms with van der Waals surface area (Å²) in [6.07, 6.45) is 4.65. The fourth-order valence-corrected chi connectivity index (χ4v) is 7.45. The zero-order valence-electron chi connectivity index (χ0n) is 32.8. The summed E-state index contributed by atoms with van der Waals surface area (Å²) in [5.74, 6) is -5.44. The maximum atomic E-state index is 13.7. The third kappa shape index (κ3) is 10.9. The SMILES string of the molecule is CO/C1=C/C(C)=C/C(C)C(O)C(C)C/C(C)=C/C=C\C(OC)C(C(C)C(O)C(C)C2(O)CC(OC(=O)c3ccccc3)C(C)C(C(C)C)O2)OC1=O. The minimum atomic E-state index is -1.89. The van der Waals surface area contributed by atoms with E-state index >= 15 is 0 Å². The molecule has 0 aliphatic carbocycles. The summed E-state index contributed by atoms with van der Waals surface area (Å²) < 4.78 is 29.8. The van der Waals surface area contributed by atoms with Crippen molar-refractivity contribution < 1.29 is 48.6 Å². The zero-order valence-corrected chi connectivity index (χ0v) is 32.8. The Morgan fingerprint density at radius 1 is 1.02 bits per heavy atom. The molecule has 0 saturated carbocycles. The molecule has 290 valence electrons. The van der Waals surface area contributed by atoms with Gasteiger partial charge in [-0.05, 0) is 50.3 Å². The molecule has 0 radical (unpaired) electrons. The highest BCUT2D eigenvalue weighted by Gasteiger charge is 2.53. The average molecular weight is 727 g/mol. The topological polar surface area (TPSA) is 141 Å². The van der Waals surface area contributed by atoms with Crippen molar-refractivity contribution in [1.29, 1.82) is 0 Å². The van der Waals surface area contributed by atoms with Crippen LogP contribution >= 0.6 is 0 Å². The minimum Gasteiger partial charge on any atom is -0.490 e. The largest absolute Gasteiger partial charge is 0.490 e. The van der Waals surface area contributed by atoms with Gasteiger partial charge in [0.2, 0.25) is 5.76 Å².